The summed E-state index contributed by atoms with van der Waals surface area (Å²) in [7, 11) is 3.26. The zero-order valence-corrected chi connectivity index (χ0v) is 15.2. The fourth-order valence-electron chi connectivity index (χ4n) is 2.40. The number of nitrogens with one attached hydrogen (secondary N) is 1. The Balaban J connectivity index is 1.95. The van der Waals surface area contributed by atoms with Gasteiger partial charge in [-0.05, 0) is 43.1 Å². The predicted octanol–water partition coefficient (Wildman–Crippen LogP) is 3.81. The Morgan fingerprint density at radius 3 is 2.48 bits per heavy atom. The minimum Gasteiger partial charge on any atom is -0.507 e. The molecule has 2 rings (SSSR count). The van der Waals surface area contributed by atoms with Gasteiger partial charge in [0.1, 0.15) is 5.75 Å². The van der Waals surface area contributed by atoms with Crippen molar-refractivity contribution < 1.29 is 14.6 Å². The van der Waals surface area contributed by atoms with E-state index in [0.717, 1.165) is 39.9 Å². The molecule has 0 aliphatic carbocycles. The maximum absolute atomic E-state index is 10.0. The molecule has 0 unspecified atom stereocenters. The number of aromatic hydroxyl groups is 1. The van der Waals surface area contributed by atoms with Gasteiger partial charge in [-0.1, -0.05) is 34.1 Å². The van der Waals surface area contributed by atoms with Crippen LogP contribution in [0.3, 0.4) is 0 Å². The number of aryl methyl sites for hydroxylation is 1. The normalized spacial score (nSPS) is 10.6. The summed E-state index contributed by atoms with van der Waals surface area (Å²) >= 11 is 3.57. The Morgan fingerprint density at radius 2 is 1.78 bits per heavy atom. The molecule has 0 saturated heterocycles. The summed E-state index contributed by atoms with van der Waals surface area (Å²) in [4.78, 5) is 0. The van der Waals surface area contributed by atoms with Crippen LogP contribution in [0.25, 0.3) is 0 Å². The van der Waals surface area contributed by atoms with Gasteiger partial charge in [0.25, 0.3) is 0 Å². The molecule has 0 amide bonds. The SMILES string of the molecule is COc1cc(Br)c(CCNCc2cccc(C)c2O)cc1OC. The molecule has 0 bridgehead atoms. The first-order valence-corrected chi connectivity index (χ1v) is 8.24. The van der Waals surface area contributed by atoms with Crippen LogP contribution >= 0.6 is 15.9 Å². The predicted molar refractivity (Wildman–Crippen MR) is 95.5 cm³/mol. The molecule has 2 N–H and O–H groups in total. The molecular weight excluding hydrogens is 358 g/mol. The van der Waals surface area contributed by atoms with Gasteiger partial charge in [-0.15, -0.1) is 0 Å². The second kappa shape index (κ2) is 8.22. The van der Waals surface area contributed by atoms with Crippen LogP contribution in [-0.2, 0) is 13.0 Å². The van der Waals surface area contributed by atoms with Crippen molar-refractivity contribution in [2.24, 2.45) is 0 Å². The number of halogens is 1. The second-order valence-electron chi connectivity index (χ2n) is 5.31. The maximum atomic E-state index is 10.0. The van der Waals surface area contributed by atoms with E-state index in [2.05, 4.69) is 21.2 Å². The molecular formula is C18H22BrNO3. The summed E-state index contributed by atoms with van der Waals surface area (Å²) in [5.74, 6) is 1.80. The first-order valence-electron chi connectivity index (χ1n) is 7.45. The van der Waals surface area contributed by atoms with Crippen LogP contribution < -0.4 is 14.8 Å². The van der Waals surface area contributed by atoms with Crippen molar-refractivity contribution in [3.63, 3.8) is 0 Å². The van der Waals surface area contributed by atoms with Crippen LogP contribution in [0, 0.1) is 6.92 Å². The Kier molecular flexibility index (Phi) is 6.30. The van der Waals surface area contributed by atoms with Crippen LogP contribution in [0.15, 0.2) is 34.8 Å². The van der Waals surface area contributed by atoms with Crippen LogP contribution in [0.1, 0.15) is 16.7 Å². The lowest BCUT2D eigenvalue weighted by molar-refractivity contribution is 0.354. The van der Waals surface area contributed by atoms with E-state index < -0.39 is 0 Å². The van der Waals surface area contributed by atoms with Gasteiger partial charge in [0.2, 0.25) is 0 Å². The number of ether oxygens (including phenoxy) is 2. The van der Waals surface area contributed by atoms with E-state index in [1.165, 1.54) is 0 Å². The van der Waals surface area contributed by atoms with Crippen molar-refractivity contribution in [2.75, 3.05) is 20.8 Å². The third-order valence-corrected chi connectivity index (χ3v) is 4.50. The second-order valence-corrected chi connectivity index (χ2v) is 6.16. The summed E-state index contributed by atoms with van der Waals surface area (Å²) in [5.41, 5.74) is 2.95. The van der Waals surface area contributed by atoms with E-state index in [9.17, 15) is 5.11 Å². The van der Waals surface area contributed by atoms with Crippen LogP contribution in [0.2, 0.25) is 0 Å². The van der Waals surface area contributed by atoms with E-state index in [4.69, 9.17) is 9.47 Å². The molecule has 5 heteroatoms. The summed E-state index contributed by atoms with van der Waals surface area (Å²) < 4.78 is 11.6. The Labute approximate surface area is 145 Å². The van der Waals surface area contributed by atoms with Gasteiger partial charge in [0.05, 0.1) is 14.2 Å². The number of phenolic OH excluding ortho intramolecular Hbond substituents is 1. The number of phenols is 1. The van der Waals surface area contributed by atoms with Gasteiger partial charge in [-0.2, -0.15) is 0 Å². The molecule has 0 aromatic heterocycles. The van der Waals surface area contributed by atoms with Crippen molar-refractivity contribution in [2.45, 2.75) is 19.9 Å². The number of para-hydroxylation sites is 1. The molecule has 0 atom stereocenters. The lowest BCUT2D eigenvalue weighted by Crippen LogP contribution is -2.17. The van der Waals surface area contributed by atoms with Crippen molar-refractivity contribution >= 4 is 15.9 Å². The average Bonchev–Trinajstić information content (AvgIpc) is 2.56. The van der Waals surface area contributed by atoms with Gasteiger partial charge < -0.3 is 19.9 Å². The number of methoxy groups -OCH3 is 2. The number of rotatable bonds is 7. The molecule has 0 fully saturated rings. The van der Waals surface area contributed by atoms with Crippen LogP contribution in [0.5, 0.6) is 17.2 Å². The molecule has 0 aliphatic heterocycles. The maximum Gasteiger partial charge on any atom is 0.161 e. The lowest BCUT2D eigenvalue weighted by Gasteiger charge is -2.13. The van der Waals surface area contributed by atoms with E-state index >= 15 is 0 Å². The Morgan fingerprint density at radius 1 is 1.09 bits per heavy atom. The molecule has 0 radical (unpaired) electrons. The standard InChI is InChI=1S/C18H22BrNO3/c1-12-5-4-6-14(18(12)21)11-20-8-7-13-9-16(22-2)17(23-3)10-15(13)19/h4-6,9-10,20-21H,7-8,11H2,1-3H3. The molecule has 23 heavy (non-hydrogen) atoms. The number of benzene rings is 2. The number of hydrogen-bond donors (Lipinski definition) is 2. The summed E-state index contributed by atoms with van der Waals surface area (Å²) in [6.45, 7) is 3.33. The third kappa shape index (κ3) is 4.39. The monoisotopic (exact) mass is 379 g/mol. The van der Waals surface area contributed by atoms with Crippen LogP contribution in [0.4, 0.5) is 0 Å². The van der Waals surface area contributed by atoms with Crippen molar-refractivity contribution in [1.82, 2.24) is 5.32 Å². The fourth-order valence-corrected chi connectivity index (χ4v) is 2.92. The summed E-state index contributed by atoms with van der Waals surface area (Å²) in [6.07, 6.45) is 0.841. The Bertz CT molecular complexity index is 674. The molecule has 2 aromatic rings. The minimum atomic E-state index is 0.368. The highest BCUT2D eigenvalue weighted by Gasteiger charge is 2.09. The van der Waals surface area contributed by atoms with E-state index in [1.807, 2.05) is 37.3 Å². The Hall–Kier alpha value is -1.72. The minimum absolute atomic E-state index is 0.368. The molecule has 2 aromatic carbocycles. The topological polar surface area (TPSA) is 50.7 Å². The summed E-state index contributed by atoms with van der Waals surface area (Å²) in [5, 5.41) is 13.4. The zero-order valence-electron chi connectivity index (χ0n) is 13.6. The highest BCUT2D eigenvalue weighted by atomic mass is 79.9. The molecule has 124 valence electrons. The van der Waals surface area contributed by atoms with Gasteiger partial charge in [0.15, 0.2) is 11.5 Å². The van der Waals surface area contributed by atoms with Gasteiger partial charge in [-0.25, -0.2) is 0 Å². The lowest BCUT2D eigenvalue weighted by atomic mass is 10.1. The number of hydrogen-bond acceptors (Lipinski definition) is 4. The van der Waals surface area contributed by atoms with Crippen molar-refractivity contribution in [1.29, 1.82) is 0 Å². The smallest absolute Gasteiger partial charge is 0.161 e. The fraction of sp³-hybridized carbons (Fsp3) is 0.333. The van der Waals surface area contributed by atoms with Gasteiger partial charge >= 0.3 is 0 Å². The molecule has 0 spiro atoms. The van der Waals surface area contributed by atoms with Crippen LogP contribution in [-0.4, -0.2) is 25.9 Å². The first-order chi connectivity index (χ1) is 11.1. The highest BCUT2D eigenvalue weighted by molar-refractivity contribution is 9.10. The van der Waals surface area contributed by atoms with E-state index in [1.54, 1.807) is 14.2 Å². The largest absolute Gasteiger partial charge is 0.507 e. The first kappa shape index (κ1) is 17.6. The van der Waals surface area contributed by atoms with Gasteiger partial charge in [-0.3, -0.25) is 0 Å². The van der Waals surface area contributed by atoms with Gasteiger partial charge in [0, 0.05) is 16.6 Å². The quantitative estimate of drug-likeness (QED) is 0.718. The molecule has 0 heterocycles. The molecule has 0 aliphatic rings. The van der Waals surface area contributed by atoms with Crippen molar-refractivity contribution in [3.8, 4) is 17.2 Å². The van der Waals surface area contributed by atoms with E-state index in [0.29, 0.717) is 18.0 Å². The molecule has 0 saturated carbocycles. The zero-order chi connectivity index (χ0) is 16.8. The van der Waals surface area contributed by atoms with Crippen molar-refractivity contribution in [3.05, 3.63) is 51.5 Å². The highest BCUT2D eigenvalue weighted by Crippen LogP contribution is 2.33. The molecule has 4 nitrogen and oxygen atoms in total. The summed E-state index contributed by atoms with van der Waals surface area (Å²) in [6, 6.07) is 9.69. The third-order valence-electron chi connectivity index (χ3n) is 3.76. The average molecular weight is 380 g/mol. The van der Waals surface area contributed by atoms with E-state index in [-0.39, 0.29) is 0 Å².